The van der Waals surface area contributed by atoms with Crippen molar-refractivity contribution in [2.75, 3.05) is 14.1 Å². The first kappa shape index (κ1) is 15.2. The van der Waals surface area contributed by atoms with E-state index in [0.717, 1.165) is 0 Å². The summed E-state index contributed by atoms with van der Waals surface area (Å²) in [7, 11) is 3.61. The number of rotatable bonds is 3. The Bertz CT molecular complexity index is 292. The van der Waals surface area contributed by atoms with Crippen molar-refractivity contribution in [3.05, 3.63) is 0 Å². The molecule has 0 aromatic heterocycles. The Hall–Kier alpha value is -0.820. The van der Waals surface area contributed by atoms with E-state index in [9.17, 15) is 9.59 Å². The second kappa shape index (κ2) is 6.70. The number of hydrogen-bond acceptors (Lipinski definition) is 4. The van der Waals surface area contributed by atoms with Crippen molar-refractivity contribution in [3.8, 4) is 0 Å². The SMILES string of the molecule is CC(C)[C@@H](SC(=S)N(C)C)C(=O)NC(N)=O. The zero-order valence-electron chi connectivity index (χ0n) is 9.81. The zero-order chi connectivity index (χ0) is 12.9. The van der Waals surface area contributed by atoms with E-state index >= 15 is 0 Å². The van der Waals surface area contributed by atoms with Gasteiger partial charge in [-0.05, 0) is 5.92 Å². The van der Waals surface area contributed by atoms with E-state index in [1.54, 1.807) is 19.0 Å². The number of primary amides is 1. The Morgan fingerprint density at radius 2 is 1.88 bits per heavy atom. The summed E-state index contributed by atoms with van der Waals surface area (Å²) >= 11 is 6.35. The standard InChI is InChI=1S/C9H17N3O2S2/c1-5(2)6(7(13)11-8(10)14)16-9(15)12(3)4/h5-6H,1-4H3,(H3,10,11,13,14)/t6-/m1/s1. The van der Waals surface area contributed by atoms with E-state index in [1.165, 1.54) is 11.8 Å². The molecule has 0 rings (SSSR count). The minimum Gasteiger partial charge on any atom is -0.364 e. The molecule has 0 heterocycles. The van der Waals surface area contributed by atoms with Crippen LogP contribution in [0.5, 0.6) is 0 Å². The van der Waals surface area contributed by atoms with Gasteiger partial charge in [-0.2, -0.15) is 0 Å². The molecule has 0 aliphatic heterocycles. The molecule has 16 heavy (non-hydrogen) atoms. The largest absolute Gasteiger partial charge is 0.364 e. The average molecular weight is 263 g/mol. The maximum Gasteiger partial charge on any atom is 0.318 e. The monoisotopic (exact) mass is 263 g/mol. The lowest BCUT2D eigenvalue weighted by atomic mass is 10.1. The van der Waals surface area contributed by atoms with Crippen LogP contribution in [0.1, 0.15) is 13.8 Å². The van der Waals surface area contributed by atoms with E-state index < -0.39 is 17.2 Å². The van der Waals surface area contributed by atoms with Gasteiger partial charge in [0.1, 0.15) is 4.32 Å². The predicted octanol–water partition coefficient (Wildman–Crippen LogP) is 0.786. The number of urea groups is 1. The highest BCUT2D eigenvalue weighted by Gasteiger charge is 2.25. The predicted molar refractivity (Wildman–Crippen MR) is 70.2 cm³/mol. The molecular weight excluding hydrogens is 246 g/mol. The minimum absolute atomic E-state index is 0.0576. The summed E-state index contributed by atoms with van der Waals surface area (Å²) in [6.07, 6.45) is 0. The first-order valence-corrected chi connectivity index (χ1v) is 6.02. The van der Waals surface area contributed by atoms with Crippen molar-refractivity contribution in [3.63, 3.8) is 0 Å². The normalized spacial score (nSPS) is 12.1. The molecule has 0 saturated carbocycles. The summed E-state index contributed by atoms with van der Waals surface area (Å²) in [4.78, 5) is 24.0. The summed E-state index contributed by atoms with van der Waals surface area (Å²) in [5.41, 5.74) is 4.90. The van der Waals surface area contributed by atoms with Crippen molar-refractivity contribution in [2.45, 2.75) is 19.1 Å². The minimum atomic E-state index is -0.841. The third-order valence-electron chi connectivity index (χ3n) is 1.70. The molecule has 0 bridgehead atoms. The third kappa shape index (κ3) is 5.32. The van der Waals surface area contributed by atoms with Gasteiger partial charge < -0.3 is 10.6 Å². The lowest BCUT2D eigenvalue weighted by molar-refractivity contribution is -0.120. The summed E-state index contributed by atoms with van der Waals surface area (Å²) in [6.45, 7) is 3.77. The number of nitrogens with one attached hydrogen (secondary N) is 1. The van der Waals surface area contributed by atoms with Crippen LogP contribution >= 0.6 is 24.0 Å². The number of nitrogens with two attached hydrogens (primary N) is 1. The number of thiocarbonyl (C=S) groups is 1. The van der Waals surface area contributed by atoms with Gasteiger partial charge in [0.15, 0.2) is 0 Å². The van der Waals surface area contributed by atoms with Crippen LogP contribution in [0.4, 0.5) is 4.79 Å². The number of imide groups is 1. The Balaban J connectivity index is 4.56. The van der Waals surface area contributed by atoms with Gasteiger partial charge in [-0.3, -0.25) is 10.1 Å². The molecule has 0 aromatic carbocycles. The molecule has 0 spiro atoms. The van der Waals surface area contributed by atoms with Gasteiger partial charge in [-0.15, -0.1) is 0 Å². The molecule has 3 amide bonds. The molecular formula is C9H17N3O2S2. The van der Waals surface area contributed by atoms with Crippen molar-refractivity contribution in [1.29, 1.82) is 0 Å². The van der Waals surface area contributed by atoms with Gasteiger partial charge in [0.2, 0.25) is 5.91 Å². The fourth-order valence-corrected chi connectivity index (χ4v) is 2.08. The molecule has 92 valence electrons. The first-order chi connectivity index (χ1) is 7.25. The number of carbonyl (C=O) groups excluding carboxylic acids is 2. The third-order valence-corrected chi connectivity index (χ3v) is 3.94. The van der Waals surface area contributed by atoms with Crippen LogP contribution in [0.25, 0.3) is 0 Å². The Morgan fingerprint density at radius 3 is 2.19 bits per heavy atom. The molecule has 0 aromatic rings. The highest BCUT2D eigenvalue weighted by Crippen LogP contribution is 2.22. The molecule has 0 fully saturated rings. The fraction of sp³-hybridized carbons (Fsp3) is 0.667. The first-order valence-electron chi connectivity index (χ1n) is 4.74. The maximum atomic E-state index is 11.6. The van der Waals surface area contributed by atoms with Crippen LogP contribution in [-0.4, -0.2) is 40.5 Å². The highest BCUT2D eigenvalue weighted by atomic mass is 32.2. The van der Waals surface area contributed by atoms with Gasteiger partial charge in [-0.1, -0.05) is 37.8 Å². The number of nitrogens with zero attached hydrogens (tertiary/aromatic N) is 1. The molecule has 7 heteroatoms. The zero-order valence-corrected chi connectivity index (χ0v) is 11.4. The van der Waals surface area contributed by atoms with Crippen LogP contribution in [0.2, 0.25) is 0 Å². The summed E-state index contributed by atoms with van der Waals surface area (Å²) in [6, 6.07) is -0.841. The van der Waals surface area contributed by atoms with E-state index in [0.29, 0.717) is 4.32 Å². The Kier molecular flexibility index (Phi) is 6.35. The van der Waals surface area contributed by atoms with Crippen LogP contribution in [0.15, 0.2) is 0 Å². The fourth-order valence-electron chi connectivity index (χ4n) is 0.899. The topological polar surface area (TPSA) is 75.4 Å². The average Bonchev–Trinajstić information content (AvgIpc) is 2.11. The van der Waals surface area contributed by atoms with Gasteiger partial charge in [-0.25, -0.2) is 4.79 Å². The number of amides is 3. The van der Waals surface area contributed by atoms with Crippen LogP contribution in [0, 0.1) is 5.92 Å². The molecule has 3 N–H and O–H groups in total. The molecule has 0 aliphatic carbocycles. The molecule has 0 saturated heterocycles. The molecule has 0 radical (unpaired) electrons. The van der Waals surface area contributed by atoms with Crippen molar-refractivity contribution in [2.24, 2.45) is 11.7 Å². The Labute approximate surface area is 105 Å². The number of carbonyl (C=O) groups is 2. The lowest BCUT2D eigenvalue weighted by Gasteiger charge is -2.21. The van der Waals surface area contributed by atoms with Crippen molar-refractivity contribution in [1.82, 2.24) is 10.2 Å². The van der Waals surface area contributed by atoms with E-state index in [1.807, 2.05) is 13.8 Å². The van der Waals surface area contributed by atoms with Crippen LogP contribution in [0.3, 0.4) is 0 Å². The molecule has 1 atom stereocenters. The van der Waals surface area contributed by atoms with E-state index in [2.05, 4.69) is 5.32 Å². The smallest absolute Gasteiger partial charge is 0.318 e. The van der Waals surface area contributed by atoms with E-state index in [4.69, 9.17) is 18.0 Å². The van der Waals surface area contributed by atoms with Gasteiger partial charge in [0.05, 0.1) is 5.25 Å². The maximum absolute atomic E-state index is 11.6. The lowest BCUT2D eigenvalue weighted by Crippen LogP contribution is -2.43. The molecule has 0 aliphatic rings. The van der Waals surface area contributed by atoms with Crippen LogP contribution in [-0.2, 0) is 4.79 Å². The molecule has 5 nitrogen and oxygen atoms in total. The molecule has 0 unspecified atom stereocenters. The van der Waals surface area contributed by atoms with Crippen LogP contribution < -0.4 is 11.1 Å². The quantitative estimate of drug-likeness (QED) is 0.736. The van der Waals surface area contributed by atoms with Gasteiger partial charge in [0.25, 0.3) is 0 Å². The van der Waals surface area contributed by atoms with Gasteiger partial charge in [0, 0.05) is 14.1 Å². The van der Waals surface area contributed by atoms with Crippen molar-refractivity contribution >= 4 is 40.2 Å². The Morgan fingerprint density at radius 1 is 1.38 bits per heavy atom. The van der Waals surface area contributed by atoms with Gasteiger partial charge >= 0.3 is 6.03 Å². The summed E-state index contributed by atoms with van der Waals surface area (Å²) in [5, 5.41) is 1.65. The number of hydrogen-bond donors (Lipinski definition) is 2. The second-order valence-corrected chi connectivity index (χ2v) is 5.57. The second-order valence-electron chi connectivity index (χ2n) is 3.80. The van der Waals surface area contributed by atoms with E-state index in [-0.39, 0.29) is 5.92 Å². The summed E-state index contributed by atoms with van der Waals surface area (Å²) < 4.78 is 0.596. The van der Waals surface area contributed by atoms with Crippen molar-refractivity contribution < 1.29 is 9.59 Å². The summed E-state index contributed by atoms with van der Waals surface area (Å²) in [5.74, 6) is -0.348. The highest BCUT2D eigenvalue weighted by molar-refractivity contribution is 8.23. The number of thioether (sulfide) groups is 1.